The number of nitriles is 1. The van der Waals surface area contributed by atoms with Crippen molar-refractivity contribution in [3.05, 3.63) is 34.3 Å². The fraction of sp³-hybridized carbons (Fsp3) is 0.273. The van der Waals surface area contributed by atoms with Crippen LogP contribution < -0.4 is 0 Å². The number of hydrogen-bond acceptors (Lipinski definition) is 3. The Morgan fingerprint density at radius 2 is 2.38 bits per heavy atom. The zero-order valence-electron chi connectivity index (χ0n) is 8.61. The lowest BCUT2D eigenvalue weighted by atomic mass is 10.1. The van der Waals surface area contributed by atoms with E-state index in [9.17, 15) is 4.79 Å². The van der Waals surface area contributed by atoms with Crippen molar-refractivity contribution >= 4 is 17.6 Å². The molecule has 1 unspecified atom stereocenters. The van der Waals surface area contributed by atoms with E-state index in [-0.39, 0.29) is 6.61 Å². The summed E-state index contributed by atoms with van der Waals surface area (Å²) in [5, 5.41) is 17.6. The van der Waals surface area contributed by atoms with Crippen LogP contribution in [0.1, 0.15) is 18.1 Å². The van der Waals surface area contributed by atoms with E-state index < -0.39 is 12.1 Å². The van der Waals surface area contributed by atoms with Gasteiger partial charge in [0.25, 0.3) is 0 Å². The summed E-state index contributed by atoms with van der Waals surface area (Å²) in [6, 6.07) is 6.73. The van der Waals surface area contributed by atoms with E-state index in [1.165, 1.54) is 13.0 Å². The number of carboxylic acids is 1. The Balaban J connectivity index is 2.69. The third-order valence-corrected chi connectivity index (χ3v) is 2.37. The number of carbonyl (C=O) groups is 1. The molecule has 0 aliphatic rings. The number of hydrogen-bond donors (Lipinski definition) is 1. The molecule has 1 rings (SSSR count). The normalized spacial score (nSPS) is 11.8. The van der Waals surface area contributed by atoms with Crippen molar-refractivity contribution in [3.8, 4) is 6.07 Å². The molecule has 84 valence electrons. The Morgan fingerprint density at radius 1 is 1.69 bits per heavy atom. The van der Waals surface area contributed by atoms with Crippen LogP contribution in [-0.4, -0.2) is 17.2 Å². The fourth-order valence-corrected chi connectivity index (χ4v) is 1.26. The van der Waals surface area contributed by atoms with Gasteiger partial charge in [-0.05, 0) is 24.6 Å². The van der Waals surface area contributed by atoms with Gasteiger partial charge in [-0.3, -0.25) is 0 Å². The van der Waals surface area contributed by atoms with Gasteiger partial charge in [-0.25, -0.2) is 4.79 Å². The van der Waals surface area contributed by atoms with E-state index in [4.69, 9.17) is 26.7 Å². The molecule has 5 heteroatoms. The van der Waals surface area contributed by atoms with Crippen LogP contribution >= 0.6 is 11.6 Å². The third-order valence-electron chi connectivity index (χ3n) is 2.02. The standard InChI is InChI=1S/C11H10ClNO3/c1-7(11(14)15)16-6-9-3-2-8(5-13)4-10(9)12/h2-4,7H,6H2,1H3,(H,14,15). The molecule has 1 aromatic rings. The maximum atomic E-state index is 10.5. The van der Waals surface area contributed by atoms with E-state index in [1.54, 1.807) is 12.1 Å². The molecule has 1 aromatic carbocycles. The van der Waals surface area contributed by atoms with Crippen LogP contribution in [0.4, 0.5) is 0 Å². The van der Waals surface area contributed by atoms with Gasteiger partial charge in [0.05, 0.1) is 18.2 Å². The molecule has 0 saturated heterocycles. The molecule has 0 radical (unpaired) electrons. The van der Waals surface area contributed by atoms with Gasteiger partial charge in [-0.2, -0.15) is 5.26 Å². The Bertz CT molecular complexity index is 439. The van der Waals surface area contributed by atoms with Gasteiger partial charge in [0.15, 0.2) is 6.10 Å². The van der Waals surface area contributed by atoms with Crippen molar-refractivity contribution in [2.45, 2.75) is 19.6 Å². The van der Waals surface area contributed by atoms with Gasteiger partial charge < -0.3 is 9.84 Å². The van der Waals surface area contributed by atoms with Crippen molar-refractivity contribution < 1.29 is 14.6 Å². The molecule has 1 N–H and O–H groups in total. The van der Waals surface area contributed by atoms with E-state index in [0.717, 1.165) is 0 Å². The lowest BCUT2D eigenvalue weighted by Crippen LogP contribution is -2.19. The zero-order valence-corrected chi connectivity index (χ0v) is 9.36. The summed E-state index contributed by atoms with van der Waals surface area (Å²) in [5.41, 5.74) is 1.12. The summed E-state index contributed by atoms with van der Waals surface area (Å²) in [5.74, 6) is -1.02. The monoisotopic (exact) mass is 239 g/mol. The Kier molecular flexibility index (Phi) is 4.29. The van der Waals surface area contributed by atoms with Crippen molar-refractivity contribution in [1.29, 1.82) is 5.26 Å². The Labute approximate surface area is 98.0 Å². The number of aliphatic carboxylic acids is 1. The first-order valence-electron chi connectivity index (χ1n) is 4.57. The number of nitrogens with zero attached hydrogens (tertiary/aromatic N) is 1. The van der Waals surface area contributed by atoms with Gasteiger partial charge in [0, 0.05) is 5.02 Å². The highest BCUT2D eigenvalue weighted by Gasteiger charge is 2.12. The van der Waals surface area contributed by atoms with Crippen molar-refractivity contribution in [2.75, 3.05) is 0 Å². The SMILES string of the molecule is CC(OCc1ccc(C#N)cc1Cl)C(=O)O. The second-order valence-corrected chi connectivity index (χ2v) is 3.62. The van der Waals surface area contributed by atoms with Crippen LogP contribution in [0, 0.1) is 11.3 Å². The van der Waals surface area contributed by atoms with E-state index in [1.807, 2.05) is 6.07 Å². The molecule has 0 saturated carbocycles. The molecule has 0 amide bonds. The van der Waals surface area contributed by atoms with Crippen LogP contribution in [0.3, 0.4) is 0 Å². The number of rotatable bonds is 4. The molecular weight excluding hydrogens is 230 g/mol. The fourth-order valence-electron chi connectivity index (χ4n) is 1.02. The maximum absolute atomic E-state index is 10.5. The van der Waals surface area contributed by atoms with Crippen molar-refractivity contribution in [1.82, 2.24) is 0 Å². The summed E-state index contributed by atoms with van der Waals surface area (Å²) in [4.78, 5) is 10.5. The minimum atomic E-state index is -1.02. The van der Waals surface area contributed by atoms with Crippen LogP contribution in [-0.2, 0) is 16.1 Å². The molecular formula is C11H10ClNO3. The van der Waals surface area contributed by atoms with Crippen molar-refractivity contribution in [3.63, 3.8) is 0 Å². The van der Waals surface area contributed by atoms with Gasteiger partial charge >= 0.3 is 5.97 Å². The largest absolute Gasteiger partial charge is 0.479 e. The maximum Gasteiger partial charge on any atom is 0.332 e. The van der Waals surface area contributed by atoms with E-state index in [2.05, 4.69) is 0 Å². The minimum Gasteiger partial charge on any atom is -0.479 e. The molecule has 0 aliphatic heterocycles. The lowest BCUT2D eigenvalue weighted by Gasteiger charge is -2.09. The number of benzene rings is 1. The Hall–Kier alpha value is -1.57. The first-order valence-corrected chi connectivity index (χ1v) is 4.95. The van der Waals surface area contributed by atoms with Gasteiger partial charge in [0.1, 0.15) is 0 Å². The van der Waals surface area contributed by atoms with Gasteiger partial charge in [-0.1, -0.05) is 17.7 Å². The molecule has 4 nitrogen and oxygen atoms in total. The van der Waals surface area contributed by atoms with Crippen LogP contribution in [0.25, 0.3) is 0 Å². The van der Waals surface area contributed by atoms with Crippen LogP contribution in [0.2, 0.25) is 5.02 Å². The molecule has 0 bridgehead atoms. The molecule has 0 heterocycles. The topological polar surface area (TPSA) is 70.3 Å². The lowest BCUT2D eigenvalue weighted by molar-refractivity contribution is -0.149. The number of ether oxygens (including phenoxy) is 1. The smallest absolute Gasteiger partial charge is 0.332 e. The predicted molar refractivity (Wildman–Crippen MR) is 58.1 cm³/mol. The number of carboxylic acid groups (broad SMARTS) is 1. The molecule has 0 fully saturated rings. The van der Waals surface area contributed by atoms with Crippen LogP contribution in [0.15, 0.2) is 18.2 Å². The summed E-state index contributed by atoms with van der Waals surface area (Å²) >= 11 is 5.89. The summed E-state index contributed by atoms with van der Waals surface area (Å²) < 4.78 is 5.08. The quantitative estimate of drug-likeness (QED) is 0.875. The highest BCUT2D eigenvalue weighted by Crippen LogP contribution is 2.18. The molecule has 1 atom stereocenters. The van der Waals surface area contributed by atoms with Gasteiger partial charge in [-0.15, -0.1) is 0 Å². The molecule has 0 aliphatic carbocycles. The Morgan fingerprint density at radius 3 is 2.88 bits per heavy atom. The third kappa shape index (κ3) is 3.23. The second kappa shape index (κ2) is 5.50. The molecule has 0 spiro atoms. The highest BCUT2D eigenvalue weighted by atomic mass is 35.5. The zero-order chi connectivity index (χ0) is 12.1. The van der Waals surface area contributed by atoms with E-state index >= 15 is 0 Å². The predicted octanol–water partition coefficient (Wildman–Crippen LogP) is 2.20. The van der Waals surface area contributed by atoms with Gasteiger partial charge in [0.2, 0.25) is 0 Å². The minimum absolute atomic E-state index is 0.109. The van der Waals surface area contributed by atoms with E-state index in [0.29, 0.717) is 16.1 Å². The second-order valence-electron chi connectivity index (χ2n) is 3.21. The molecule has 16 heavy (non-hydrogen) atoms. The average Bonchev–Trinajstić information content (AvgIpc) is 2.26. The summed E-state index contributed by atoms with van der Waals surface area (Å²) in [6.07, 6.45) is -0.883. The molecule has 0 aromatic heterocycles. The first kappa shape index (κ1) is 12.5. The average molecular weight is 240 g/mol. The number of halogens is 1. The highest BCUT2D eigenvalue weighted by molar-refractivity contribution is 6.31. The summed E-state index contributed by atoms with van der Waals surface area (Å²) in [6.45, 7) is 1.55. The van der Waals surface area contributed by atoms with Crippen LogP contribution in [0.5, 0.6) is 0 Å². The summed E-state index contributed by atoms with van der Waals surface area (Å²) in [7, 11) is 0. The first-order chi connectivity index (χ1) is 7.54. The van der Waals surface area contributed by atoms with Crippen molar-refractivity contribution in [2.24, 2.45) is 0 Å².